The molecule has 2 aromatic carbocycles. The first-order valence-corrected chi connectivity index (χ1v) is 5.56. The van der Waals surface area contributed by atoms with Crippen LogP contribution in [0, 0.1) is 15.9 Å². The number of methoxy groups -OCH3 is 1. The summed E-state index contributed by atoms with van der Waals surface area (Å²) in [6.45, 7) is 0. The normalized spacial score (nSPS) is 10.1. The summed E-state index contributed by atoms with van der Waals surface area (Å²) in [6.07, 6.45) is 0. The first kappa shape index (κ1) is 13.6. The van der Waals surface area contributed by atoms with E-state index in [1.54, 1.807) is 18.2 Å². The van der Waals surface area contributed by atoms with Gasteiger partial charge in [0.15, 0.2) is 11.6 Å². The first-order chi connectivity index (χ1) is 9.51. The van der Waals surface area contributed by atoms with E-state index in [2.05, 4.69) is 0 Å². The van der Waals surface area contributed by atoms with Crippen LogP contribution in [0.2, 0.25) is 0 Å². The lowest BCUT2D eigenvalue weighted by atomic mass is 10.2. The van der Waals surface area contributed by atoms with Gasteiger partial charge in [-0.15, -0.1) is 0 Å². The average Bonchev–Trinajstić information content (AvgIpc) is 2.40. The van der Waals surface area contributed by atoms with Crippen molar-refractivity contribution >= 4 is 11.4 Å². The molecule has 2 aromatic rings. The maximum Gasteiger partial charge on any atom is 0.314 e. The van der Waals surface area contributed by atoms with Crippen LogP contribution in [-0.2, 0) is 0 Å². The molecule has 0 atom stereocenters. The zero-order valence-corrected chi connectivity index (χ0v) is 10.5. The van der Waals surface area contributed by atoms with E-state index >= 15 is 0 Å². The van der Waals surface area contributed by atoms with E-state index in [1.165, 1.54) is 13.2 Å². The van der Waals surface area contributed by atoms with Gasteiger partial charge in [-0.05, 0) is 12.1 Å². The number of nitro benzene ring substituents is 1. The Balaban J connectivity index is 2.46. The van der Waals surface area contributed by atoms with Gasteiger partial charge in [-0.25, -0.2) is 4.39 Å². The third kappa shape index (κ3) is 2.77. The highest BCUT2D eigenvalue weighted by molar-refractivity contribution is 5.54. The highest BCUT2D eigenvalue weighted by atomic mass is 19.1. The number of hydrogen-bond donors (Lipinski definition) is 1. The molecule has 104 valence electrons. The summed E-state index contributed by atoms with van der Waals surface area (Å²) < 4.78 is 23.6. The van der Waals surface area contributed by atoms with E-state index in [0.29, 0.717) is 11.4 Å². The van der Waals surface area contributed by atoms with Gasteiger partial charge in [-0.1, -0.05) is 6.07 Å². The summed E-state index contributed by atoms with van der Waals surface area (Å²) in [4.78, 5) is 10.2. The molecule has 0 radical (unpaired) electrons. The SMILES string of the molecule is COc1cc(Oc2cccc(N)c2)c([N+](=O)[O-])cc1F. The van der Waals surface area contributed by atoms with Crippen molar-refractivity contribution < 1.29 is 18.8 Å². The summed E-state index contributed by atoms with van der Waals surface area (Å²) in [5.74, 6) is -0.797. The summed E-state index contributed by atoms with van der Waals surface area (Å²) in [5, 5.41) is 10.9. The van der Waals surface area contributed by atoms with Crippen molar-refractivity contribution in [2.45, 2.75) is 0 Å². The van der Waals surface area contributed by atoms with E-state index in [9.17, 15) is 14.5 Å². The molecule has 0 heterocycles. The monoisotopic (exact) mass is 278 g/mol. The highest BCUT2D eigenvalue weighted by Crippen LogP contribution is 2.36. The number of nitrogen functional groups attached to an aromatic ring is 1. The van der Waals surface area contributed by atoms with Crippen molar-refractivity contribution in [3.05, 3.63) is 52.3 Å². The number of benzene rings is 2. The zero-order chi connectivity index (χ0) is 14.7. The van der Waals surface area contributed by atoms with Gasteiger partial charge in [-0.2, -0.15) is 0 Å². The third-order valence-electron chi connectivity index (χ3n) is 2.52. The van der Waals surface area contributed by atoms with Crippen molar-refractivity contribution in [1.29, 1.82) is 0 Å². The molecule has 0 saturated carbocycles. The van der Waals surface area contributed by atoms with Crippen LogP contribution in [0.4, 0.5) is 15.8 Å². The zero-order valence-electron chi connectivity index (χ0n) is 10.5. The van der Waals surface area contributed by atoms with Crippen LogP contribution in [0.3, 0.4) is 0 Å². The Morgan fingerprint density at radius 3 is 2.60 bits per heavy atom. The van der Waals surface area contributed by atoms with Crippen LogP contribution in [0.5, 0.6) is 17.2 Å². The van der Waals surface area contributed by atoms with Gasteiger partial charge >= 0.3 is 5.69 Å². The molecular weight excluding hydrogens is 267 g/mol. The molecule has 0 saturated heterocycles. The molecule has 6 nitrogen and oxygen atoms in total. The van der Waals surface area contributed by atoms with Gasteiger partial charge in [-0.3, -0.25) is 10.1 Å². The molecule has 0 fully saturated rings. The smallest absolute Gasteiger partial charge is 0.314 e. The van der Waals surface area contributed by atoms with Crippen LogP contribution in [0.1, 0.15) is 0 Å². The van der Waals surface area contributed by atoms with Gasteiger partial charge in [0.25, 0.3) is 0 Å². The molecule has 0 aliphatic heterocycles. The minimum Gasteiger partial charge on any atom is -0.494 e. The molecule has 7 heteroatoms. The Labute approximate surface area is 113 Å². The number of ether oxygens (including phenoxy) is 2. The Morgan fingerprint density at radius 2 is 2.00 bits per heavy atom. The molecule has 0 unspecified atom stereocenters. The standard InChI is InChI=1S/C13H11FN2O4/c1-19-12-7-13(11(16(17)18)6-10(12)14)20-9-4-2-3-8(15)5-9/h2-7H,15H2,1H3. The van der Waals surface area contributed by atoms with Crippen molar-refractivity contribution in [1.82, 2.24) is 0 Å². The third-order valence-corrected chi connectivity index (χ3v) is 2.52. The maximum absolute atomic E-state index is 13.5. The maximum atomic E-state index is 13.5. The fourth-order valence-electron chi connectivity index (χ4n) is 1.61. The summed E-state index contributed by atoms with van der Waals surface area (Å²) >= 11 is 0. The summed E-state index contributed by atoms with van der Waals surface area (Å²) in [5.41, 5.74) is 5.54. The highest BCUT2D eigenvalue weighted by Gasteiger charge is 2.21. The fraction of sp³-hybridized carbons (Fsp3) is 0.0769. The van der Waals surface area contributed by atoms with E-state index in [0.717, 1.165) is 12.1 Å². The number of hydrogen-bond acceptors (Lipinski definition) is 5. The lowest BCUT2D eigenvalue weighted by Gasteiger charge is -2.09. The second-order valence-electron chi connectivity index (χ2n) is 3.89. The molecule has 0 amide bonds. The van der Waals surface area contributed by atoms with Gasteiger partial charge < -0.3 is 15.2 Å². The Bertz CT molecular complexity index is 661. The number of nitro groups is 1. The van der Waals surface area contributed by atoms with Gasteiger partial charge in [0, 0.05) is 17.8 Å². The number of nitrogens with zero attached hydrogens (tertiary/aromatic N) is 1. The van der Waals surface area contributed by atoms with Gasteiger partial charge in [0.1, 0.15) is 5.75 Å². The van der Waals surface area contributed by atoms with Crippen molar-refractivity contribution in [2.75, 3.05) is 12.8 Å². The molecule has 0 aromatic heterocycles. The number of halogens is 1. The van der Waals surface area contributed by atoms with Crippen molar-refractivity contribution in [3.8, 4) is 17.2 Å². The minimum absolute atomic E-state index is 0.126. The predicted octanol–water partition coefficient (Wildman–Crippen LogP) is 3.12. The Kier molecular flexibility index (Phi) is 3.69. The molecule has 0 spiro atoms. The van der Waals surface area contributed by atoms with E-state index in [-0.39, 0.29) is 11.5 Å². The lowest BCUT2D eigenvalue weighted by Crippen LogP contribution is -1.97. The number of rotatable bonds is 4. The largest absolute Gasteiger partial charge is 0.494 e. The fourth-order valence-corrected chi connectivity index (χ4v) is 1.61. The molecule has 2 N–H and O–H groups in total. The van der Waals surface area contributed by atoms with E-state index in [4.69, 9.17) is 15.2 Å². The molecule has 0 aliphatic carbocycles. The average molecular weight is 278 g/mol. The second-order valence-corrected chi connectivity index (χ2v) is 3.89. The Hall–Kier alpha value is -2.83. The van der Waals surface area contributed by atoms with Crippen molar-refractivity contribution in [3.63, 3.8) is 0 Å². The topological polar surface area (TPSA) is 87.6 Å². The molecule has 0 aliphatic rings. The van der Waals surface area contributed by atoms with Gasteiger partial charge in [0.2, 0.25) is 5.75 Å². The second kappa shape index (κ2) is 5.43. The van der Waals surface area contributed by atoms with Crippen LogP contribution >= 0.6 is 0 Å². The lowest BCUT2D eigenvalue weighted by molar-refractivity contribution is -0.385. The summed E-state index contributed by atoms with van der Waals surface area (Å²) in [7, 11) is 1.26. The van der Waals surface area contributed by atoms with Crippen molar-refractivity contribution in [2.24, 2.45) is 0 Å². The van der Waals surface area contributed by atoms with E-state index in [1.807, 2.05) is 0 Å². The van der Waals surface area contributed by atoms with Crippen LogP contribution in [0.25, 0.3) is 0 Å². The summed E-state index contributed by atoms with van der Waals surface area (Å²) in [6, 6.07) is 8.23. The quantitative estimate of drug-likeness (QED) is 0.527. The molecule has 0 bridgehead atoms. The minimum atomic E-state index is -0.834. The first-order valence-electron chi connectivity index (χ1n) is 5.56. The van der Waals surface area contributed by atoms with Crippen LogP contribution in [0.15, 0.2) is 36.4 Å². The number of anilines is 1. The van der Waals surface area contributed by atoms with Crippen LogP contribution in [-0.4, -0.2) is 12.0 Å². The molecular formula is C13H11FN2O4. The molecule has 20 heavy (non-hydrogen) atoms. The van der Waals surface area contributed by atoms with Gasteiger partial charge in [0.05, 0.1) is 18.1 Å². The van der Waals surface area contributed by atoms with E-state index < -0.39 is 16.4 Å². The van der Waals surface area contributed by atoms with Crippen LogP contribution < -0.4 is 15.2 Å². The molecule has 2 rings (SSSR count). The Morgan fingerprint density at radius 1 is 1.25 bits per heavy atom. The number of nitrogens with two attached hydrogens (primary N) is 1. The predicted molar refractivity (Wildman–Crippen MR) is 70.5 cm³/mol.